The van der Waals surface area contributed by atoms with E-state index in [4.69, 9.17) is 11.6 Å². The SMILES string of the molecule is N#Cc1ncnc(C#N)c1-c1c(-c2cccc(-c3ccc(C(=O)O)cc3Cl)c2)n(S(=O)(=O)c2ccc(C(F)F)cc2)c2ccc(F)cc12. The first-order chi connectivity index (χ1) is 23.0. The van der Waals surface area contributed by atoms with Crippen LogP contribution < -0.4 is 0 Å². The van der Waals surface area contributed by atoms with Crippen molar-refractivity contribution in [2.45, 2.75) is 11.3 Å². The highest BCUT2D eigenvalue weighted by molar-refractivity contribution is 7.90. The average molecular weight is 684 g/mol. The topological polar surface area (TPSA) is 150 Å². The van der Waals surface area contributed by atoms with E-state index in [-0.39, 0.29) is 60.2 Å². The molecule has 9 nitrogen and oxygen atoms in total. The molecule has 0 radical (unpaired) electrons. The molecule has 0 fully saturated rings. The van der Waals surface area contributed by atoms with Gasteiger partial charge in [0, 0.05) is 32.7 Å². The summed E-state index contributed by atoms with van der Waals surface area (Å²) in [6, 6.07) is 21.4. The minimum Gasteiger partial charge on any atom is -0.478 e. The predicted molar refractivity (Wildman–Crippen MR) is 169 cm³/mol. The molecule has 48 heavy (non-hydrogen) atoms. The number of hydrogen-bond donors (Lipinski definition) is 1. The summed E-state index contributed by atoms with van der Waals surface area (Å²) in [4.78, 5) is 19.1. The monoisotopic (exact) mass is 683 g/mol. The van der Waals surface area contributed by atoms with Crippen molar-refractivity contribution in [2.24, 2.45) is 0 Å². The lowest BCUT2D eigenvalue weighted by atomic mass is 9.94. The zero-order chi connectivity index (χ0) is 34.3. The van der Waals surface area contributed by atoms with E-state index in [2.05, 4.69) is 9.97 Å². The second kappa shape index (κ2) is 12.3. The Hall–Kier alpha value is -6.02. The molecule has 6 rings (SSSR count). The van der Waals surface area contributed by atoms with Crippen LogP contribution in [0.25, 0.3) is 44.4 Å². The highest BCUT2D eigenvalue weighted by Gasteiger charge is 2.32. The quantitative estimate of drug-likeness (QED) is 0.179. The van der Waals surface area contributed by atoms with Crippen LogP contribution in [0.4, 0.5) is 13.2 Å². The van der Waals surface area contributed by atoms with Crippen molar-refractivity contribution in [3.05, 3.63) is 125 Å². The summed E-state index contributed by atoms with van der Waals surface area (Å²) in [7, 11) is -4.68. The Labute approximate surface area is 275 Å². The third kappa shape index (κ3) is 5.41. The largest absolute Gasteiger partial charge is 0.478 e. The maximum Gasteiger partial charge on any atom is 0.335 e. The van der Waals surface area contributed by atoms with E-state index in [9.17, 15) is 42.0 Å². The third-order valence-corrected chi connectivity index (χ3v) is 9.57. The molecule has 0 aliphatic heterocycles. The Morgan fingerprint density at radius 3 is 2.15 bits per heavy atom. The Morgan fingerprint density at radius 1 is 0.875 bits per heavy atom. The summed E-state index contributed by atoms with van der Waals surface area (Å²) in [6.07, 6.45) is -1.87. The summed E-state index contributed by atoms with van der Waals surface area (Å²) < 4.78 is 71.6. The van der Waals surface area contributed by atoms with E-state index < -0.39 is 33.8 Å². The number of carboxylic acid groups (broad SMARTS) is 1. The molecule has 0 spiro atoms. The number of nitrogens with zero attached hydrogens (tertiary/aromatic N) is 5. The van der Waals surface area contributed by atoms with Crippen molar-refractivity contribution in [1.29, 1.82) is 10.5 Å². The molecular weight excluding hydrogens is 667 g/mol. The van der Waals surface area contributed by atoms with Crippen LogP contribution in [0.1, 0.15) is 33.7 Å². The van der Waals surface area contributed by atoms with Gasteiger partial charge in [0.2, 0.25) is 0 Å². The number of halogens is 4. The molecule has 0 atom stereocenters. The van der Waals surface area contributed by atoms with Gasteiger partial charge in [-0.3, -0.25) is 0 Å². The van der Waals surface area contributed by atoms with Crippen LogP contribution in [0.15, 0.2) is 96.2 Å². The number of carbonyl (C=O) groups is 1. The summed E-state index contributed by atoms with van der Waals surface area (Å²) >= 11 is 6.47. The minimum atomic E-state index is -4.68. The second-order valence-corrected chi connectivity index (χ2v) is 12.5. The number of rotatable bonds is 7. The van der Waals surface area contributed by atoms with Gasteiger partial charge in [0.05, 0.1) is 27.2 Å². The highest BCUT2D eigenvalue weighted by Crippen LogP contribution is 2.45. The zero-order valence-corrected chi connectivity index (χ0v) is 25.6. The van der Waals surface area contributed by atoms with Gasteiger partial charge in [0.15, 0.2) is 11.4 Å². The molecule has 2 heterocycles. The molecule has 0 saturated carbocycles. The van der Waals surface area contributed by atoms with Crippen molar-refractivity contribution >= 4 is 38.5 Å². The van der Waals surface area contributed by atoms with Crippen LogP contribution in [0.2, 0.25) is 5.02 Å². The van der Waals surface area contributed by atoms with Crippen molar-refractivity contribution in [3.63, 3.8) is 0 Å². The molecule has 6 aromatic rings. The van der Waals surface area contributed by atoms with Crippen molar-refractivity contribution in [2.75, 3.05) is 0 Å². The number of hydrogen-bond acceptors (Lipinski definition) is 7. The Kier molecular flexibility index (Phi) is 8.18. The number of fused-ring (bicyclic) bond motifs is 1. The molecule has 14 heteroatoms. The number of aromatic carboxylic acids is 1. The lowest BCUT2D eigenvalue weighted by Gasteiger charge is -2.16. The van der Waals surface area contributed by atoms with Crippen molar-refractivity contribution < 1.29 is 31.5 Å². The predicted octanol–water partition coefficient (Wildman–Crippen LogP) is 7.84. The number of aromatic nitrogens is 3. The van der Waals surface area contributed by atoms with Crippen LogP contribution >= 0.6 is 11.6 Å². The standard InChI is InChI=1S/C34H17ClF3N5O4S/c35-26-13-21(34(44)45)6-10-24(26)19-2-1-3-20(12-19)32-30(31-27(15-39)41-17-42-28(31)16-40)25-14-22(36)7-11-29(25)43(32)48(46,47)23-8-4-18(5-9-23)33(37)38/h1-14,17,33H,(H,44,45). The van der Waals surface area contributed by atoms with E-state index in [1.165, 1.54) is 30.3 Å². The fourth-order valence-electron chi connectivity index (χ4n) is 5.40. The van der Waals surface area contributed by atoms with Gasteiger partial charge >= 0.3 is 5.97 Å². The first kappa shape index (κ1) is 31.9. The zero-order valence-electron chi connectivity index (χ0n) is 24.1. The van der Waals surface area contributed by atoms with Gasteiger partial charge in [-0.1, -0.05) is 48.0 Å². The summed E-state index contributed by atoms with van der Waals surface area (Å²) in [5.74, 6) is -1.96. The van der Waals surface area contributed by atoms with Crippen LogP contribution in [0, 0.1) is 28.5 Å². The van der Waals surface area contributed by atoms with E-state index >= 15 is 0 Å². The fourth-order valence-corrected chi connectivity index (χ4v) is 7.23. The molecular formula is C34H17ClF3N5O4S. The van der Waals surface area contributed by atoms with E-state index in [1.807, 2.05) is 12.1 Å². The van der Waals surface area contributed by atoms with Crippen LogP contribution in [0.3, 0.4) is 0 Å². The van der Waals surface area contributed by atoms with Gasteiger partial charge in [-0.15, -0.1) is 0 Å². The lowest BCUT2D eigenvalue weighted by Crippen LogP contribution is -2.14. The van der Waals surface area contributed by atoms with Gasteiger partial charge in [0.1, 0.15) is 24.3 Å². The molecule has 0 bridgehead atoms. The maximum absolute atomic E-state index is 15.0. The van der Waals surface area contributed by atoms with E-state index in [0.717, 1.165) is 46.7 Å². The number of carboxylic acids is 1. The first-order valence-electron chi connectivity index (χ1n) is 13.7. The Morgan fingerprint density at radius 2 is 1.54 bits per heavy atom. The molecule has 236 valence electrons. The summed E-state index contributed by atoms with van der Waals surface area (Å²) in [6.45, 7) is 0. The third-order valence-electron chi connectivity index (χ3n) is 7.53. The molecule has 0 aliphatic rings. The van der Waals surface area contributed by atoms with Crippen LogP contribution in [-0.4, -0.2) is 33.4 Å². The number of nitriles is 2. The second-order valence-electron chi connectivity index (χ2n) is 10.3. The Balaban J connectivity index is 1.76. The summed E-state index contributed by atoms with van der Waals surface area (Å²) in [5, 5.41) is 29.5. The molecule has 0 aliphatic carbocycles. The molecule has 2 aromatic heterocycles. The summed E-state index contributed by atoms with van der Waals surface area (Å²) in [5.41, 5.74) is -0.489. The smallest absolute Gasteiger partial charge is 0.335 e. The van der Waals surface area contributed by atoms with Gasteiger partial charge in [-0.05, 0) is 54.1 Å². The first-order valence-corrected chi connectivity index (χ1v) is 15.5. The number of alkyl halides is 2. The minimum absolute atomic E-state index is 0.0187. The molecule has 0 unspecified atom stereocenters. The van der Waals surface area contributed by atoms with E-state index in [1.54, 1.807) is 18.2 Å². The fraction of sp³-hybridized carbons (Fsp3) is 0.0294. The molecule has 1 N–H and O–H groups in total. The van der Waals surface area contributed by atoms with E-state index in [0.29, 0.717) is 11.1 Å². The van der Waals surface area contributed by atoms with Gasteiger partial charge in [0.25, 0.3) is 16.4 Å². The van der Waals surface area contributed by atoms with Gasteiger partial charge < -0.3 is 5.11 Å². The van der Waals surface area contributed by atoms with Crippen LogP contribution in [-0.2, 0) is 10.0 Å². The normalized spacial score (nSPS) is 11.4. The molecule has 4 aromatic carbocycles. The number of benzene rings is 4. The Bertz CT molecular complexity index is 2460. The lowest BCUT2D eigenvalue weighted by molar-refractivity contribution is 0.0696. The highest BCUT2D eigenvalue weighted by atomic mass is 35.5. The molecule has 0 saturated heterocycles. The van der Waals surface area contributed by atoms with Crippen molar-refractivity contribution in [1.82, 2.24) is 13.9 Å². The average Bonchev–Trinajstić information content (AvgIpc) is 3.42. The molecule has 0 amide bonds. The van der Waals surface area contributed by atoms with Gasteiger partial charge in [-0.2, -0.15) is 10.5 Å². The van der Waals surface area contributed by atoms with Gasteiger partial charge in [-0.25, -0.2) is 40.3 Å². The maximum atomic E-state index is 15.0. The van der Waals surface area contributed by atoms with Crippen molar-refractivity contribution in [3.8, 4) is 45.6 Å². The van der Waals surface area contributed by atoms with Crippen LogP contribution in [0.5, 0.6) is 0 Å².